The van der Waals surface area contributed by atoms with E-state index < -0.39 is 0 Å². The molecule has 0 aliphatic carbocycles. The van der Waals surface area contributed by atoms with E-state index in [4.69, 9.17) is 21.1 Å². The summed E-state index contributed by atoms with van der Waals surface area (Å²) in [6, 6.07) is 12.4. The Hall–Kier alpha value is -1.03. The van der Waals surface area contributed by atoms with Crippen LogP contribution in [0.15, 0.2) is 40.9 Å². The summed E-state index contributed by atoms with van der Waals surface area (Å²) >= 11 is 10.2. The van der Waals surface area contributed by atoms with Gasteiger partial charge in [-0.1, -0.05) is 39.7 Å². The van der Waals surface area contributed by atoms with Gasteiger partial charge in [-0.3, -0.25) is 0 Å². The van der Waals surface area contributed by atoms with Crippen LogP contribution in [-0.2, 0) is 17.6 Å². The fraction of sp³-hybridized carbons (Fsp3) is 0.400. The number of hydrogen-bond acceptors (Lipinski definition) is 2. The summed E-state index contributed by atoms with van der Waals surface area (Å²) in [6.07, 6.45) is 2.77. The lowest BCUT2D eigenvalue weighted by Gasteiger charge is -2.11. The summed E-state index contributed by atoms with van der Waals surface area (Å²) in [4.78, 5) is 0. The predicted molar refractivity (Wildman–Crippen MR) is 104 cm³/mol. The van der Waals surface area contributed by atoms with E-state index in [0.717, 1.165) is 53.3 Å². The van der Waals surface area contributed by atoms with Crippen LogP contribution in [0, 0.1) is 0 Å². The molecule has 0 N–H and O–H groups in total. The Balaban J connectivity index is 2.04. The maximum atomic E-state index is 6.50. The van der Waals surface area contributed by atoms with Gasteiger partial charge in [-0.05, 0) is 74.1 Å². The summed E-state index contributed by atoms with van der Waals surface area (Å²) in [5, 5.41) is 0.818. The normalized spacial score (nSPS) is 10.8. The van der Waals surface area contributed by atoms with Crippen molar-refractivity contribution >= 4 is 27.5 Å². The van der Waals surface area contributed by atoms with Gasteiger partial charge in [0.15, 0.2) is 0 Å². The molecule has 0 saturated carbocycles. The minimum Gasteiger partial charge on any atom is -0.494 e. The second-order valence-corrected chi connectivity index (χ2v) is 6.85. The summed E-state index contributed by atoms with van der Waals surface area (Å²) < 4.78 is 12.0. The van der Waals surface area contributed by atoms with Gasteiger partial charge in [-0.2, -0.15) is 0 Å². The van der Waals surface area contributed by atoms with E-state index in [2.05, 4.69) is 40.2 Å². The highest BCUT2D eigenvalue weighted by Crippen LogP contribution is 2.29. The summed E-state index contributed by atoms with van der Waals surface area (Å²) in [7, 11) is 0. The van der Waals surface area contributed by atoms with Crippen LogP contribution in [0.4, 0.5) is 0 Å². The molecule has 0 fully saturated rings. The smallest absolute Gasteiger partial charge is 0.119 e. The molecule has 0 aliphatic rings. The van der Waals surface area contributed by atoms with Crippen molar-refractivity contribution in [1.82, 2.24) is 0 Å². The number of ether oxygens (including phenoxy) is 2. The number of halogens is 2. The van der Waals surface area contributed by atoms with Crippen LogP contribution in [0.25, 0.3) is 0 Å². The zero-order valence-electron chi connectivity index (χ0n) is 14.3. The molecule has 2 aromatic rings. The van der Waals surface area contributed by atoms with Crippen LogP contribution in [-0.4, -0.2) is 19.8 Å². The molecular weight excluding hydrogens is 388 g/mol. The van der Waals surface area contributed by atoms with Gasteiger partial charge in [0.1, 0.15) is 5.75 Å². The van der Waals surface area contributed by atoms with Gasteiger partial charge in [0.2, 0.25) is 0 Å². The number of hydrogen-bond donors (Lipinski definition) is 0. The molecule has 0 spiro atoms. The van der Waals surface area contributed by atoms with Crippen molar-refractivity contribution in [3.63, 3.8) is 0 Å². The second-order valence-electron chi connectivity index (χ2n) is 5.59. The predicted octanol–water partition coefficient (Wildman–Crippen LogP) is 6.06. The average Bonchev–Trinajstić information content (AvgIpc) is 2.57. The zero-order valence-corrected chi connectivity index (χ0v) is 16.6. The Kier molecular flexibility index (Phi) is 8.10. The van der Waals surface area contributed by atoms with Crippen molar-refractivity contribution < 1.29 is 9.47 Å². The first kappa shape index (κ1) is 19.3. The first-order valence-electron chi connectivity index (χ1n) is 8.40. The molecule has 0 aromatic heterocycles. The second kappa shape index (κ2) is 10.1. The van der Waals surface area contributed by atoms with E-state index in [1.165, 1.54) is 11.1 Å². The van der Waals surface area contributed by atoms with E-state index in [-0.39, 0.29) is 0 Å². The molecular formula is C20H24BrClO2. The molecule has 0 unspecified atom stereocenters. The Morgan fingerprint density at radius 2 is 1.75 bits per heavy atom. The Morgan fingerprint density at radius 1 is 1.00 bits per heavy atom. The van der Waals surface area contributed by atoms with Gasteiger partial charge in [0.25, 0.3) is 0 Å². The van der Waals surface area contributed by atoms with Crippen LogP contribution in [0.1, 0.15) is 37.0 Å². The average molecular weight is 412 g/mol. The van der Waals surface area contributed by atoms with E-state index >= 15 is 0 Å². The maximum Gasteiger partial charge on any atom is 0.119 e. The molecule has 0 bridgehead atoms. The van der Waals surface area contributed by atoms with Crippen molar-refractivity contribution in [3.8, 4) is 5.75 Å². The van der Waals surface area contributed by atoms with Gasteiger partial charge < -0.3 is 9.47 Å². The van der Waals surface area contributed by atoms with Crippen molar-refractivity contribution in [3.05, 3.63) is 62.6 Å². The Morgan fingerprint density at radius 3 is 2.42 bits per heavy atom. The largest absolute Gasteiger partial charge is 0.494 e. The van der Waals surface area contributed by atoms with Crippen LogP contribution in [0.3, 0.4) is 0 Å². The summed E-state index contributed by atoms with van der Waals surface area (Å²) in [5.41, 5.74) is 3.58. The molecule has 0 amide bonds. The number of benzene rings is 2. The minimum atomic E-state index is 0.683. The molecule has 0 saturated heterocycles. The molecule has 4 heteroatoms. The van der Waals surface area contributed by atoms with E-state index in [1.54, 1.807) is 0 Å². The number of rotatable bonds is 9. The van der Waals surface area contributed by atoms with Gasteiger partial charge >= 0.3 is 0 Å². The lowest BCUT2D eigenvalue weighted by molar-refractivity contribution is 0.145. The standard InChI is InChI=1S/C20H24BrClO2/c1-3-23-11-5-6-16-14-20(22)17(13-19(16)21)12-15-7-9-18(10-8-15)24-4-2/h7-10,13-14H,3-6,11-12H2,1-2H3. The van der Waals surface area contributed by atoms with Crippen molar-refractivity contribution in [1.29, 1.82) is 0 Å². The highest BCUT2D eigenvalue weighted by molar-refractivity contribution is 9.10. The highest BCUT2D eigenvalue weighted by Gasteiger charge is 2.08. The van der Waals surface area contributed by atoms with Crippen molar-refractivity contribution in [2.75, 3.05) is 19.8 Å². The SMILES string of the molecule is CCOCCCc1cc(Cl)c(Cc2ccc(OCC)cc2)cc1Br. The first-order valence-corrected chi connectivity index (χ1v) is 9.57. The Labute approximate surface area is 158 Å². The maximum absolute atomic E-state index is 6.50. The topological polar surface area (TPSA) is 18.5 Å². The fourth-order valence-electron chi connectivity index (χ4n) is 2.56. The molecule has 2 nitrogen and oxygen atoms in total. The molecule has 0 atom stereocenters. The zero-order chi connectivity index (χ0) is 17.4. The van der Waals surface area contributed by atoms with E-state index in [0.29, 0.717) is 6.61 Å². The summed E-state index contributed by atoms with van der Waals surface area (Å²) in [6.45, 7) is 6.24. The van der Waals surface area contributed by atoms with Crippen LogP contribution in [0.5, 0.6) is 5.75 Å². The molecule has 130 valence electrons. The third kappa shape index (κ3) is 5.80. The molecule has 0 heterocycles. The lowest BCUT2D eigenvalue weighted by atomic mass is 10.0. The summed E-state index contributed by atoms with van der Waals surface area (Å²) in [5.74, 6) is 0.901. The monoisotopic (exact) mass is 410 g/mol. The molecule has 24 heavy (non-hydrogen) atoms. The van der Waals surface area contributed by atoms with Crippen LogP contribution >= 0.6 is 27.5 Å². The van der Waals surface area contributed by atoms with Crippen molar-refractivity contribution in [2.45, 2.75) is 33.1 Å². The van der Waals surface area contributed by atoms with E-state index in [9.17, 15) is 0 Å². The molecule has 2 rings (SSSR count). The Bertz CT molecular complexity index is 641. The van der Waals surface area contributed by atoms with Crippen LogP contribution < -0.4 is 4.74 Å². The van der Waals surface area contributed by atoms with Crippen molar-refractivity contribution in [2.24, 2.45) is 0 Å². The van der Waals surface area contributed by atoms with Gasteiger partial charge in [-0.25, -0.2) is 0 Å². The minimum absolute atomic E-state index is 0.683. The van der Waals surface area contributed by atoms with Crippen LogP contribution in [0.2, 0.25) is 5.02 Å². The van der Waals surface area contributed by atoms with Gasteiger partial charge in [0, 0.05) is 22.7 Å². The quantitative estimate of drug-likeness (QED) is 0.467. The van der Waals surface area contributed by atoms with Gasteiger partial charge in [-0.15, -0.1) is 0 Å². The fourth-order valence-corrected chi connectivity index (χ4v) is 3.40. The third-order valence-electron chi connectivity index (χ3n) is 3.78. The number of aryl methyl sites for hydroxylation is 1. The molecule has 2 aromatic carbocycles. The van der Waals surface area contributed by atoms with Gasteiger partial charge in [0.05, 0.1) is 6.61 Å². The van der Waals surface area contributed by atoms with E-state index in [1.807, 2.05) is 26.0 Å². The lowest BCUT2D eigenvalue weighted by Crippen LogP contribution is -1.98. The molecule has 0 radical (unpaired) electrons. The third-order valence-corrected chi connectivity index (χ3v) is 4.87. The first-order chi connectivity index (χ1) is 11.6. The molecule has 0 aliphatic heterocycles. The highest BCUT2D eigenvalue weighted by atomic mass is 79.9.